The molecular formula is C24H23NO5. The Labute approximate surface area is 174 Å². The fourth-order valence-corrected chi connectivity index (χ4v) is 7.93. The number of hydrogen-bond donors (Lipinski definition) is 2. The molecule has 1 saturated heterocycles. The largest absolute Gasteiger partial charge is 0.508 e. The second kappa shape index (κ2) is 4.94. The number of phenols is 2. The highest BCUT2D eigenvalue weighted by Crippen LogP contribution is 2.75. The number of piperidine rings is 1. The number of hydrogen-bond acceptors (Lipinski definition) is 6. The van der Waals surface area contributed by atoms with E-state index in [9.17, 15) is 15.0 Å². The van der Waals surface area contributed by atoms with Crippen LogP contribution in [0.3, 0.4) is 0 Å². The molecule has 5 aliphatic rings. The van der Waals surface area contributed by atoms with Gasteiger partial charge in [-0.2, -0.15) is 0 Å². The van der Waals surface area contributed by atoms with E-state index in [4.69, 9.17) is 9.47 Å². The van der Waals surface area contributed by atoms with Crippen LogP contribution in [-0.2, 0) is 22.0 Å². The van der Waals surface area contributed by atoms with Crippen molar-refractivity contribution in [2.45, 2.75) is 48.2 Å². The van der Waals surface area contributed by atoms with Crippen LogP contribution in [0, 0.1) is 0 Å². The molecular weight excluding hydrogens is 382 g/mol. The average Bonchev–Trinajstić information content (AvgIpc) is 3.25. The molecule has 2 aromatic carbocycles. The number of nitrogens with zero attached hydrogens (tertiary/aromatic N) is 1. The second-order valence-electron chi connectivity index (χ2n) is 9.57. The van der Waals surface area contributed by atoms with Gasteiger partial charge in [-0.25, -0.2) is 0 Å². The summed E-state index contributed by atoms with van der Waals surface area (Å²) >= 11 is 0. The maximum Gasteiger partial charge on any atom is 0.181 e. The molecule has 2 spiro atoms. The number of methoxy groups -OCH3 is 1. The van der Waals surface area contributed by atoms with Gasteiger partial charge in [-0.3, -0.25) is 4.79 Å². The number of carbonyl (C=O) groups is 1. The van der Waals surface area contributed by atoms with Crippen molar-refractivity contribution in [2.75, 3.05) is 20.7 Å². The predicted molar refractivity (Wildman–Crippen MR) is 108 cm³/mol. The van der Waals surface area contributed by atoms with E-state index in [0.29, 0.717) is 23.5 Å². The number of aromatic hydroxyl groups is 2. The van der Waals surface area contributed by atoms with E-state index < -0.39 is 22.9 Å². The Hall–Kier alpha value is -2.73. The van der Waals surface area contributed by atoms with E-state index in [0.717, 1.165) is 30.5 Å². The van der Waals surface area contributed by atoms with Crippen molar-refractivity contribution in [3.8, 4) is 23.0 Å². The molecule has 30 heavy (non-hydrogen) atoms. The van der Waals surface area contributed by atoms with Crippen molar-refractivity contribution in [3.63, 3.8) is 0 Å². The van der Waals surface area contributed by atoms with Gasteiger partial charge in [-0.05, 0) is 56.6 Å². The second-order valence-corrected chi connectivity index (χ2v) is 9.57. The summed E-state index contributed by atoms with van der Waals surface area (Å²) in [6.07, 6.45) is 1.57. The molecule has 0 unspecified atom stereocenters. The molecule has 2 heterocycles. The Bertz CT molecular complexity index is 1170. The molecule has 154 valence electrons. The number of Topliss-reactive ketones (excluding diaryl/α,β-unsaturated/α-hetero) is 1. The highest BCUT2D eigenvalue weighted by atomic mass is 16.5. The van der Waals surface area contributed by atoms with Gasteiger partial charge in [-0.1, -0.05) is 6.07 Å². The number of likely N-dealkylation sites (tertiary alicyclic amines) is 1. The van der Waals surface area contributed by atoms with Gasteiger partial charge in [0.15, 0.2) is 23.4 Å². The van der Waals surface area contributed by atoms with E-state index in [1.165, 1.54) is 11.6 Å². The number of phenolic OH excluding ortho intramolecular Hbond substituents is 2. The molecule has 2 aromatic rings. The van der Waals surface area contributed by atoms with E-state index >= 15 is 0 Å². The molecule has 6 nitrogen and oxygen atoms in total. The van der Waals surface area contributed by atoms with E-state index in [-0.39, 0.29) is 23.3 Å². The van der Waals surface area contributed by atoms with Crippen molar-refractivity contribution in [2.24, 2.45) is 0 Å². The van der Waals surface area contributed by atoms with Crippen LogP contribution in [0.4, 0.5) is 0 Å². The molecule has 2 aliphatic heterocycles. The van der Waals surface area contributed by atoms with Crippen LogP contribution in [0.5, 0.6) is 23.0 Å². The number of carbonyl (C=O) groups excluding carboxylic acids is 1. The smallest absolute Gasteiger partial charge is 0.181 e. The summed E-state index contributed by atoms with van der Waals surface area (Å²) < 4.78 is 12.1. The van der Waals surface area contributed by atoms with Gasteiger partial charge < -0.3 is 24.6 Å². The van der Waals surface area contributed by atoms with Gasteiger partial charge in [0, 0.05) is 28.1 Å². The Morgan fingerprint density at radius 2 is 1.93 bits per heavy atom. The molecule has 5 atom stereocenters. The lowest BCUT2D eigenvalue weighted by atomic mass is 9.43. The third kappa shape index (κ3) is 1.45. The van der Waals surface area contributed by atoms with Crippen molar-refractivity contribution in [1.29, 1.82) is 0 Å². The molecule has 0 amide bonds. The van der Waals surface area contributed by atoms with Crippen LogP contribution >= 0.6 is 0 Å². The summed E-state index contributed by atoms with van der Waals surface area (Å²) in [6.45, 7) is 0.856. The monoisotopic (exact) mass is 405 g/mol. The zero-order valence-electron chi connectivity index (χ0n) is 16.9. The molecule has 1 saturated carbocycles. The van der Waals surface area contributed by atoms with Crippen LogP contribution in [0.15, 0.2) is 24.3 Å². The summed E-state index contributed by atoms with van der Waals surface area (Å²) in [4.78, 5) is 16.2. The van der Waals surface area contributed by atoms with Gasteiger partial charge in [0.1, 0.15) is 11.5 Å². The molecule has 7 rings (SSSR count). The number of likely N-dealkylation sites (N-methyl/N-ethyl adjacent to an activating group) is 1. The van der Waals surface area contributed by atoms with Gasteiger partial charge in [0.2, 0.25) is 0 Å². The first-order chi connectivity index (χ1) is 14.5. The minimum Gasteiger partial charge on any atom is -0.508 e. The Kier molecular flexibility index (Phi) is 2.80. The first kappa shape index (κ1) is 17.0. The molecule has 2 N–H and O–H groups in total. The van der Waals surface area contributed by atoms with Crippen molar-refractivity contribution in [1.82, 2.24) is 4.90 Å². The van der Waals surface area contributed by atoms with Crippen LogP contribution in [0.1, 0.15) is 41.0 Å². The third-order valence-corrected chi connectivity index (χ3v) is 8.85. The van der Waals surface area contributed by atoms with Gasteiger partial charge in [0.05, 0.1) is 18.4 Å². The lowest BCUT2D eigenvalue weighted by Gasteiger charge is -2.63. The summed E-state index contributed by atoms with van der Waals surface area (Å²) in [5, 5.41) is 21.9. The van der Waals surface area contributed by atoms with Crippen LogP contribution in [-0.4, -0.2) is 53.7 Å². The first-order valence-electron chi connectivity index (χ1n) is 10.6. The molecule has 6 heteroatoms. The quantitative estimate of drug-likeness (QED) is 0.710. The maximum atomic E-state index is 13.8. The number of fused-ring (bicyclic) bond motifs is 3. The van der Waals surface area contributed by atoms with Crippen molar-refractivity contribution < 1.29 is 24.5 Å². The Morgan fingerprint density at radius 1 is 1.13 bits per heavy atom. The molecule has 2 fully saturated rings. The number of benzene rings is 2. The normalized spacial score (nSPS) is 36.9. The number of ether oxygens (including phenoxy) is 2. The highest BCUT2D eigenvalue weighted by Gasteiger charge is 2.78. The topological polar surface area (TPSA) is 79.2 Å². The van der Waals surface area contributed by atoms with E-state index in [1.54, 1.807) is 13.2 Å². The third-order valence-electron chi connectivity index (χ3n) is 8.85. The molecule has 3 aliphatic carbocycles. The van der Waals surface area contributed by atoms with Gasteiger partial charge in [0.25, 0.3) is 0 Å². The minimum absolute atomic E-state index is 0.0136. The van der Waals surface area contributed by atoms with Crippen LogP contribution < -0.4 is 9.47 Å². The lowest BCUT2D eigenvalue weighted by molar-refractivity contribution is -0.142. The van der Waals surface area contributed by atoms with Crippen LogP contribution in [0.2, 0.25) is 0 Å². The summed E-state index contributed by atoms with van der Waals surface area (Å²) in [5.74, 6) is 1.20. The SMILES string of the molecule is COc1ccc2c3c1O[C@@H]1C(=O)[C@@H]4C[C@]5(c6c(O)ccc(O)c64)[C@H](C2)N(C)CC[C@@]315. The summed E-state index contributed by atoms with van der Waals surface area (Å²) in [6, 6.07) is 7.26. The van der Waals surface area contributed by atoms with Crippen molar-refractivity contribution in [3.05, 3.63) is 46.5 Å². The van der Waals surface area contributed by atoms with Gasteiger partial charge >= 0.3 is 0 Å². The number of ketones is 1. The predicted octanol–water partition coefficient (Wildman–Crippen LogP) is 2.37. The van der Waals surface area contributed by atoms with E-state index in [1.807, 2.05) is 6.07 Å². The molecule has 0 aromatic heterocycles. The maximum absolute atomic E-state index is 13.8. The molecule has 4 bridgehead atoms. The fraction of sp³-hybridized carbons (Fsp3) is 0.458. The van der Waals surface area contributed by atoms with Crippen LogP contribution in [0.25, 0.3) is 0 Å². The zero-order chi connectivity index (χ0) is 20.6. The number of rotatable bonds is 1. The Balaban J connectivity index is 1.67. The average molecular weight is 405 g/mol. The minimum atomic E-state index is -0.621. The lowest BCUT2D eigenvalue weighted by Crippen LogP contribution is -2.73. The summed E-state index contributed by atoms with van der Waals surface area (Å²) in [5.41, 5.74) is 2.65. The summed E-state index contributed by atoms with van der Waals surface area (Å²) in [7, 11) is 3.76. The highest BCUT2D eigenvalue weighted by molar-refractivity contribution is 5.99. The van der Waals surface area contributed by atoms with Gasteiger partial charge in [-0.15, -0.1) is 0 Å². The fourth-order valence-electron chi connectivity index (χ4n) is 7.93. The zero-order valence-corrected chi connectivity index (χ0v) is 16.9. The Morgan fingerprint density at radius 3 is 2.73 bits per heavy atom. The standard InChI is InChI=1S/C24H23NO5/c1-25-8-7-23-18-11-3-6-15(29-2)21(18)30-22(23)20(28)12-10-24(23,16(25)9-11)19-14(27)5-4-13(26)17(12)19/h3-6,12,16,22,26-27H,7-10H2,1-2H3/t12-,16+,22-,23-,24-/m1/s1. The molecule has 0 radical (unpaired) electrons. The first-order valence-corrected chi connectivity index (χ1v) is 10.6. The van der Waals surface area contributed by atoms with E-state index in [2.05, 4.69) is 18.0 Å². The van der Waals surface area contributed by atoms with Crippen molar-refractivity contribution >= 4 is 5.78 Å².